The van der Waals surface area contributed by atoms with Crippen molar-refractivity contribution < 1.29 is 0 Å². The molecule has 80 valence electrons. The lowest BCUT2D eigenvalue weighted by atomic mass is 9.99. The van der Waals surface area contributed by atoms with E-state index < -0.39 is 0 Å². The van der Waals surface area contributed by atoms with E-state index in [9.17, 15) is 0 Å². The number of rotatable bonds is 1. The number of para-hydroxylation sites is 1. The minimum Gasteiger partial charge on any atom is -0.398 e. The van der Waals surface area contributed by atoms with Crippen LogP contribution in [-0.4, -0.2) is 0 Å². The SMILES string of the molecule is Nc1ccccc1-c1ccc2c(c1)CCC2. The first-order valence-corrected chi connectivity index (χ1v) is 5.81. The van der Waals surface area contributed by atoms with Crippen LogP contribution in [0.4, 0.5) is 5.69 Å². The van der Waals surface area contributed by atoms with Crippen molar-refractivity contribution in [3.63, 3.8) is 0 Å². The fourth-order valence-corrected chi connectivity index (χ4v) is 2.50. The van der Waals surface area contributed by atoms with Gasteiger partial charge in [-0.1, -0.05) is 36.4 Å². The molecule has 16 heavy (non-hydrogen) atoms. The van der Waals surface area contributed by atoms with Crippen LogP contribution >= 0.6 is 0 Å². The van der Waals surface area contributed by atoms with E-state index in [4.69, 9.17) is 5.73 Å². The summed E-state index contributed by atoms with van der Waals surface area (Å²) in [6.45, 7) is 0. The van der Waals surface area contributed by atoms with Gasteiger partial charge in [0.2, 0.25) is 0 Å². The molecule has 2 N–H and O–H groups in total. The second-order valence-corrected chi connectivity index (χ2v) is 4.42. The summed E-state index contributed by atoms with van der Waals surface area (Å²) in [5, 5.41) is 0. The molecule has 0 atom stereocenters. The molecule has 0 aromatic heterocycles. The topological polar surface area (TPSA) is 26.0 Å². The van der Waals surface area contributed by atoms with Crippen LogP contribution in [0.5, 0.6) is 0 Å². The third-order valence-corrected chi connectivity index (χ3v) is 3.37. The summed E-state index contributed by atoms with van der Waals surface area (Å²) in [6.07, 6.45) is 3.75. The molecule has 0 radical (unpaired) electrons. The summed E-state index contributed by atoms with van der Waals surface area (Å²) in [5.41, 5.74) is 12.3. The number of nitrogen functional groups attached to an aromatic ring is 1. The van der Waals surface area contributed by atoms with Crippen LogP contribution in [0.15, 0.2) is 42.5 Å². The average Bonchev–Trinajstić information content (AvgIpc) is 2.76. The van der Waals surface area contributed by atoms with Crippen molar-refractivity contribution in [1.82, 2.24) is 0 Å². The Morgan fingerprint density at radius 1 is 0.875 bits per heavy atom. The quantitative estimate of drug-likeness (QED) is 0.715. The molecule has 2 aromatic rings. The Hall–Kier alpha value is -1.76. The Kier molecular flexibility index (Phi) is 2.17. The van der Waals surface area contributed by atoms with Crippen LogP contribution in [0, 0.1) is 0 Å². The molecule has 0 saturated heterocycles. The van der Waals surface area contributed by atoms with Gasteiger partial charge in [-0.2, -0.15) is 0 Å². The summed E-state index contributed by atoms with van der Waals surface area (Å²) in [7, 11) is 0. The van der Waals surface area contributed by atoms with Gasteiger partial charge >= 0.3 is 0 Å². The van der Waals surface area contributed by atoms with E-state index in [1.807, 2.05) is 18.2 Å². The van der Waals surface area contributed by atoms with Crippen LogP contribution in [0.3, 0.4) is 0 Å². The number of anilines is 1. The average molecular weight is 209 g/mol. The monoisotopic (exact) mass is 209 g/mol. The highest BCUT2D eigenvalue weighted by molar-refractivity contribution is 5.76. The zero-order valence-electron chi connectivity index (χ0n) is 9.24. The Bertz CT molecular complexity index is 529. The van der Waals surface area contributed by atoms with Gasteiger partial charge in [0.25, 0.3) is 0 Å². The molecule has 0 fully saturated rings. The van der Waals surface area contributed by atoms with E-state index in [0.717, 1.165) is 11.3 Å². The molecule has 3 rings (SSSR count). The zero-order valence-corrected chi connectivity index (χ0v) is 9.24. The van der Waals surface area contributed by atoms with Crippen molar-refractivity contribution in [2.24, 2.45) is 0 Å². The van der Waals surface area contributed by atoms with Crippen molar-refractivity contribution in [3.8, 4) is 11.1 Å². The lowest BCUT2D eigenvalue weighted by Gasteiger charge is -2.07. The number of aryl methyl sites for hydroxylation is 2. The highest BCUT2D eigenvalue weighted by atomic mass is 14.6. The molecule has 1 heteroatoms. The van der Waals surface area contributed by atoms with Gasteiger partial charge in [-0.15, -0.1) is 0 Å². The third-order valence-electron chi connectivity index (χ3n) is 3.37. The van der Waals surface area contributed by atoms with E-state index in [1.165, 1.54) is 36.0 Å². The molecular weight excluding hydrogens is 194 g/mol. The molecule has 0 heterocycles. The highest BCUT2D eigenvalue weighted by Gasteiger charge is 2.11. The largest absolute Gasteiger partial charge is 0.398 e. The van der Waals surface area contributed by atoms with Gasteiger partial charge in [0.1, 0.15) is 0 Å². The van der Waals surface area contributed by atoms with Crippen LogP contribution < -0.4 is 5.73 Å². The fraction of sp³-hybridized carbons (Fsp3) is 0.200. The van der Waals surface area contributed by atoms with Crippen LogP contribution in [0.25, 0.3) is 11.1 Å². The van der Waals surface area contributed by atoms with Crippen molar-refractivity contribution >= 4 is 5.69 Å². The number of fused-ring (bicyclic) bond motifs is 1. The van der Waals surface area contributed by atoms with Crippen molar-refractivity contribution in [3.05, 3.63) is 53.6 Å². The predicted octanol–water partition coefficient (Wildman–Crippen LogP) is 3.42. The molecule has 0 aliphatic heterocycles. The number of hydrogen-bond acceptors (Lipinski definition) is 1. The molecule has 0 bridgehead atoms. The highest BCUT2D eigenvalue weighted by Crippen LogP contribution is 2.30. The first-order valence-electron chi connectivity index (χ1n) is 5.81. The second kappa shape index (κ2) is 3.67. The first-order chi connectivity index (χ1) is 7.84. The smallest absolute Gasteiger partial charge is 0.0393 e. The second-order valence-electron chi connectivity index (χ2n) is 4.42. The summed E-state index contributed by atoms with van der Waals surface area (Å²) in [4.78, 5) is 0. The molecule has 2 aromatic carbocycles. The molecule has 0 saturated carbocycles. The maximum atomic E-state index is 6.00. The Balaban J connectivity index is 2.11. The molecule has 1 aliphatic carbocycles. The summed E-state index contributed by atoms with van der Waals surface area (Å²) < 4.78 is 0. The fourth-order valence-electron chi connectivity index (χ4n) is 2.50. The van der Waals surface area contributed by atoms with E-state index in [-0.39, 0.29) is 0 Å². The van der Waals surface area contributed by atoms with Gasteiger partial charge in [-0.3, -0.25) is 0 Å². The van der Waals surface area contributed by atoms with E-state index in [0.29, 0.717) is 0 Å². The van der Waals surface area contributed by atoms with Gasteiger partial charge in [-0.05, 0) is 42.0 Å². The lowest BCUT2D eigenvalue weighted by molar-refractivity contribution is 0.912. The summed E-state index contributed by atoms with van der Waals surface area (Å²) in [5.74, 6) is 0. The normalized spacial score (nSPS) is 13.8. The third kappa shape index (κ3) is 1.49. The van der Waals surface area contributed by atoms with Gasteiger partial charge < -0.3 is 5.73 Å². The van der Waals surface area contributed by atoms with Gasteiger partial charge in [0.05, 0.1) is 0 Å². The van der Waals surface area contributed by atoms with Crippen LogP contribution in [-0.2, 0) is 12.8 Å². The zero-order chi connectivity index (χ0) is 11.0. The van der Waals surface area contributed by atoms with Crippen molar-refractivity contribution in [2.45, 2.75) is 19.3 Å². The number of hydrogen-bond donors (Lipinski definition) is 1. The van der Waals surface area contributed by atoms with Gasteiger partial charge in [0.15, 0.2) is 0 Å². The Morgan fingerprint density at radius 3 is 2.56 bits per heavy atom. The van der Waals surface area contributed by atoms with Crippen molar-refractivity contribution in [2.75, 3.05) is 5.73 Å². The number of nitrogens with two attached hydrogens (primary N) is 1. The lowest BCUT2D eigenvalue weighted by Crippen LogP contribution is -1.90. The van der Waals surface area contributed by atoms with Gasteiger partial charge in [0, 0.05) is 11.3 Å². The number of benzene rings is 2. The predicted molar refractivity (Wildman–Crippen MR) is 68.3 cm³/mol. The minimum atomic E-state index is 0.862. The standard InChI is InChI=1S/C15H15N/c16-15-7-2-1-6-14(15)13-9-8-11-4-3-5-12(11)10-13/h1-2,6-10H,3-5,16H2. The van der Waals surface area contributed by atoms with Crippen LogP contribution in [0.2, 0.25) is 0 Å². The molecule has 1 aliphatic rings. The molecular formula is C15H15N. The molecule has 0 unspecified atom stereocenters. The maximum Gasteiger partial charge on any atom is 0.0393 e. The Morgan fingerprint density at radius 2 is 1.69 bits per heavy atom. The Labute approximate surface area is 95.9 Å². The first kappa shape index (κ1) is 9.46. The molecule has 0 spiro atoms. The van der Waals surface area contributed by atoms with Crippen LogP contribution in [0.1, 0.15) is 17.5 Å². The minimum absolute atomic E-state index is 0.862. The summed E-state index contributed by atoms with van der Waals surface area (Å²) in [6, 6.07) is 14.8. The van der Waals surface area contributed by atoms with E-state index in [2.05, 4.69) is 24.3 Å². The van der Waals surface area contributed by atoms with Gasteiger partial charge in [-0.25, -0.2) is 0 Å². The maximum absolute atomic E-state index is 6.00. The van der Waals surface area contributed by atoms with E-state index >= 15 is 0 Å². The molecule has 0 amide bonds. The summed E-state index contributed by atoms with van der Waals surface area (Å²) >= 11 is 0. The van der Waals surface area contributed by atoms with E-state index in [1.54, 1.807) is 0 Å². The molecule has 1 nitrogen and oxygen atoms in total. The van der Waals surface area contributed by atoms with Crippen molar-refractivity contribution in [1.29, 1.82) is 0 Å².